The Morgan fingerprint density at radius 3 is 2.48 bits per heavy atom. The van der Waals surface area contributed by atoms with Crippen LogP contribution in [0.2, 0.25) is 0 Å². The van der Waals surface area contributed by atoms with E-state index in [4.69, 9.17) is 0 Å². The standard InChI is InChI=1S/C15H26N2O4/c1-15(13(19)20)9-5-8-12(15)17-14(21)16-10-6-3-2-4-7-11(10)18/h10-12,18H,2-9H2,1H3,(H,19,20)(H2,16,17,21). The largest absolute Gasteiger partial charge is 0.481 e. The number of hydrogen-bond donors (Lipinski definition) is 4. The van der Waals surface area contributed by atoms with Gasteiger partial charge in [0.05, 0.1) is 17.6 Å². The third-order valence-electron chi connectivity index (χ3n) is 5.05. The molecule has 0 radical (unpaired) electrons. The van der Waals surface area contributed by atoms with Gasteiger partial charge in [-0.05, 0) is 32.6 Å². The minimum absolute atomic E-state index is 0.231. The van der Waals surface area contributed by atoms with Crippen LogP contribution in [0.5, 0.6) is 0 Å². The summed E-state index contributed by atoms with van der Waals surface area (Å²) in [4.78, 5) is 23.5. The molecule has 6 heteroatoms. The number of aliphatic hydroxyl groups is 1. The van der Waals surface area contributed by atoms with E-state index in [1.807, 2.05) is 0 Å². The molecule has 2 aliphatic carbocycles. The second kappa shape index (κ2) is 6.64. The average Bonchev–Trinajstić information content (AvgIpc) is 2.67. The van der Waals surface area contributed by atoms with Crippen LogP contribution < -0.4 is 10.6 Å². The van der Waals surface area contributed by atoms with Crippen LogP contribution in [-0.4, -0.2) is 40.4 Å². The molecule has 2 fully saturated rings. The molecular weight excluding hydrogens is 272 g/mol. The third-order valence-corrected chi connectivity index (χ3v) is 5.05. The number of hydrogen-bond acceptors (Lipinski definition) is 3. The first-order valence-corrected chi connectivity index (χ1v) is 7.92. The molecule has 0 aromatic heterocycles. The normalized spacial score (nSPS) is 36.8. The maximum atomic E-state index is 12.1. The molecular formula is C15H26N2O4. The quantitative estimate of drug-likeness (QED) is 0.595. The molecule has 4 N–H and O–H groups in total. The van der Waals surface area contributed by atoms with Crippen LogP contribution in [0.4, 0.5) is 4.79 Å². The van der Waals surface area contributed by atoms with Gasteiger partial charge in [0.2, 0.25) is 0 Å². The van der Waals surface area contributed by atoms with Gasteiger partial charge in [-0.25, -0.2) is 4.79 Å². The molecule has 0 heterocycles. The lowest BCUT2D eigenvalue weighted by molar-refractivity contribution is -0.148. The number of carboxylic acids is 1. The van der Waals surface area contributed by atoms with Gasteiger partial charge >= 0.3 is 12.0 Å². The van der Waals surface area contributed by atoms with Gasteiger partial charge in [-0.2, -0.15) is 0 Å². The van der Waals surface area contributed by atoms with Crippen LogP contribution in [0.25, 0.3) is 0 Å². The monoisotopic (exact) mass is 298 g/mol. The van der Waals surface area contributed by atoms with Crippen molar-refractivity contribution in [2.75, 3.05) is 0 Å². The Morgan fingerprint density at radius 1 is 1.05 bits per heavy atom. The number of rotatable bonds is 3. The molecule has 2 saturated carbocycles. The maximum Gasteiger partial charge on any atom is 0.315 e. The summed E-state index contributed by atoms with van der Waals surface area (Å²) < 4.78 is 0. The van der Waals surface area contributed by atoms with Crippen LogP contribution in [-0.2, 0) is 4.79 Å². The van der Waals surface area contributed by atoms with E-state index in [1.54, 1.807) is 6.92 Å². The first kappa shape index (κ1) is 16.1. The van der Waals surface area contributed by atoms with E-state index in [0.717, 1.165) is 32.1 Å². The average molecular weight is 298 g/mol. The van der Waals surface area contributed by atoms with E-state index in [9.17, 15) is 19.8 Å². The number of carbonyl (C=O) groups is 2. The van der Waals surface area contributed by atoms with E-state index in [1.165, 1.54) is 0 Å². The lowest BCUT2D eigenvalue weighted by Crippen LogP contribution is -2.53. The molecule has 0 aliphatic heterocycles. The number of amides is 2. The summed E-state index contributed by atoms with van der Waals surface area (Å²) in [6.45, 7) is 1.69. The fraction of sp³-hybridized carbons (Fsp3) is 0.867. The van der Waals surface area contributed by atoms with E-state index in [0.29, 0.717) is 19.3 Å². The number of carbonyl (C=O) groups excluding carboxylic acids is 1. The predicted molar refractivity (Wildman–Crippen MR) is 77.9 cm³/mol. The molecule has 2 aliphatic rings. The zero-order valence-electron chi connectivity index (χ0n) is 12.6. The van der Waals surface area contributed by atoms with Crippen molar-refractivity contribution >= 4 is 12.0 Å². The molecule has 120 valence electrons. The van der Waals surface area contributed by atoms with Crippen molar-refractivity contribution in [2.24, 2.45) is 5.41 Å². The van der Waals surface area contributed by atoms with Gasteiger partial charge < -0.3 is 20.8 Å². The topological polar surface area (TPSA) is 98.7 Å². The molecule has 4 unspecified atom stereocenters. The van der Waals surface area contributed by atoms with Crippen LogP contribution >= 0.6 is 0 Å². The Labute approximate surface area is 125 Å². The Bertz CT molecular complexity index is 401. The Hall–Kier alpha value is -1.30. The van der Waals surface area contributed by atoms with E-state index in [2.05, 4.69) is 10.6 Å². The molecule has 0 spiro atoms. The molecule has 2 rings (SSSR count). The SMILES string of the molecule is CC1(C(=O)O)CCCC1NC(=O)NC1CCCCCC1O. The summed E-state index contributed by atoms with van der Waals surface area (Å²) in [7, 11) is 0. The van der Waals surface area contributed by atoms with E-state index in [-0.39, 0.29) is 18.1 Å². The minimum Gasteiger partial charge on any atom is -0.481 e. The molecule has 6 nitrogen and oxygen atoms in total. The lowest BCUT2D eigenvalue weighted by Gasteiger charge is -2.29. The van der Waals surface area contributed by atoms with Crippen molar-refractivity contribution in [3.05, 3.63) is 0 Å². The van der Waals surface area contributed by atoms with Crippen LogP contribution in [0, 0.1) is 5.41 Å². The van der Waals surface area contributed by atoms with Crippen molar-refractivity contribution in [2.45, 2.75) is 76.5 Å². The molecule has 0 bridgehead atoms. The fourth-order valence-electron chi connectivity index (χ4n) is 3.48. The summed E-state index contributed by atoms with van der Waals surface area (Å²) in [6, 6.07) is -0.941. The number of aliphatic carboxylic acids is 1. The zero-order valence-corrected chi connectivity index (χ0v) is 12.6. The maximum absolute atomic E-state index is 12.1. The highest BCUT2D eigenvalue weighted by Gasteiger charge is 2.46. The van der Waals surface area contributed by atoms with E-state index < -0.39 is 17.5 Å². The summed E-state index contributed by atoms with van der Waals surface area (Å²) in [5, 5.41) is 25.0. The second-order valence-electron chi connectivity index (χ2n) is 6.60. The summed E-state index contributed by atoms with van der Waals surface area (Å²) >= 11 is 0. The Morgan fingerprint density at radius 2 is 1.76 bits per heavy atom. The highest BCUT2D eigenvalue weighted by atomic mass is 16.4. The van der Waals surface area contributed by atoms with Gasteiger partial charge in [0.15, 0.2) is 0 Å². The summed E-state index contributed by atoms with van der Waals surface area (Å²) in [5.41, 5.74) is -0.889. The van der Waals surface area contributed by atoms with Gasteiger partial charge in [-0.15, -0.1) is 0 Å². The fourth-order valence-corrected chi connectivity index (χ4v) is 3.48. The lowest BCUT2D eigenvalue weighted by atomic mass is 9.85. The first-order valence-electron chi connectivity index (χ1n) is 7.92. The molecule has 2 amide bonds. The summed E-state index contributed by atoms with van der Waals surface area (Å²) in [6.07, 6.45) is 6.11. The van der Waals surface area contributed by atoms with Crippen molar-refractivity contribution < 1.29 is 19.8 Å². The minimum atomic E-state index is -0.889. The molecule has 0 saturated heterocycles. The van der Waals surface area contributed by atoms with Gasteiger partial charge in [-0.3, -0.25) is 4.79 Å². The number of aliphatic hydroxyl groups excluding tert-OH is 1. The Balaban J connectivity index is 1.90. The zero-order chi connectivity index (χ0) is 15.5. The van der Waals surface area contributed by atoms with Gasteiger partial charge in [-0.1, -0.05) is 25.7 Å². The highest BCUT2D eigenvalue weighted by Crippen LogP contribution is 2.38. The van der Waals surface area contributed by atoms with Gasteiger partial charge in [0, 0.05) is 6.04 Å². The van der Waals surface area contributed by atoms with Crippen LogP contribution in [0.1, 0.15) is 58.3 Å². The predicted octanol–water partition coefficient (Wildman–Crippen LogP) is 1.62. The number of urea groups is 1. The van der Waals surface area contributed by atoms with E-state index >= 15 is 0 Å². The van der Waals surface area contributed by atoms with Crippen molar-refractivity contribution in [1.82, 2.24) is 10.6 Å². The highest BCUT2D eigenvalue weighted by molar-refractivity contribution is 5.79. The van der Waals surface area contributed by atoms with Crippen molar-refractivity contribution in [1.29, 1.82) is 0 Å². The molecule has 4 atom stereocenters. The Kier molecular flexibility index (Phi) is 5.08. The molecule has 0 aromatic carbocycles. The number of nitrogens with one attached hydrogen (secondary N) is 2. The van der Waals surface area contributed by atoms with Crippen LogP contribution in [0.3, 0.4) is 0 Å². The molecule has 0 aromatic rings. The number of carboxylic acid groups (broad SMARTS) is 1. The smallest absolute Gasteiger partial charge is 0.315 e. The molecule has 21 heavy (non-hydrogen) atoms. The first-order chi connectivity index (χ1) is 9.93. The summed E-state index contributed by atoms with van der Waals surface area (Å²) in [5.74, 6) is -0.861. The second-order valence-corrected chi connectivity index (χ2v) is 6.60. The van der Waals surface area contributed by atoms with Gasteiger partial charge in [0.25, 0.3) is 0 Å². The van der Waals surface area contributed by atoms with Crippen LogP contribution in [0.15, 0.2) is 0 Å². The van der Waals surface area contributed by atoms with Gasteiger partial charge in [0.1, 0.15) is 0 Å². The third kappa shape index (κ3) is 3.67. The van der Waals surface area contributed by atoms with Crippen molar-refractivity contribution in [3.63, 3.8) is 0 Å². The van der Waals surface area contributed by atoms with Crippen molar-refractivity contribution in [3.8, 4) is 0 Å².